The van der Waals surface area contributed by atoms with Crippen LogP contribution in [0.25, 0.3) is 0 Å². The minimum Gasteiger partial charge on any atom is -0.494 e. The lowest BCUT2D eigenvalue weighted by atomic mass is 10.3. The van der Waals surface area contributed by atoms with Crippen LogP contribution >= 0.6 is 0 Å². The standard InChI is InChI=1S/C14H17FN4O4S/c1-19(2)13-11(8-16-14(17-13)23-4)18-24(20,21)9-5-6-12(22-3)10(15)7-9/h5-8,18H,1-4H3. The smallest absolute Gasteiger partial charge is 0.318 e. The van der Waals surface area contributed by atoms with Gasteiger partial charge in [0.15, 0.2) is 17.4 Å². The molecular weight excluding hydrogens is 339 g/mol. The molecule has 1 heterocycles. The molecule has 0 saturated heterocycles. The van der Waals surface area contributed by atoms with Gasteiger partial charge in [-0.1, -0.05) is 0 Å². The van der Waals surface area contributed by atoms with Crippen LogP contribution in [0.3, 0.4) is 0 Å². The third-order valence-electron chi connectivity index (χ3n) is 3.03. The van der Waals surface area contributed by atoms with Crippen molar-refractivity contribution in [2.45, 2.75) is 4.90 Å². The molecule has 0 aliphatic heterocycles. The number of nitrogens with one attached hydrogen (secondary N) is 1. The molecule has 1 aromatic carbocycles. The van der Waals surface area contributed by atoms with Crippen LogP contribution in [0, 0.1) is 5.82 Å². The highest BCUT2D eigenvalue weighted by Gasteiger charge is 2.20. The third kappa shape index (κ3) is 3.65. The molecule has 0 aliphatic carbocycles. The Morgan fingerprint density at radius 3 is 2.46 bits per heavy atom. The summed E-state index contributed by atoms with van der Waals surface area (Å²) in [6.45, 7) is 0. The Hall–Kier alpha value is -2.62. The van der Waals surface area contributed by atoms with Crippen LogP contribution in [0.2, 0.25) is 0 Å². The molecule has 0 aliphatic rings. The molecule has 0 spiro atoms. The zero-order chi connectivity index (χ0) is 17.9. The van der Waals surface area contributed by atoms with Gasteiger partial charge in [0.25, 0.3) is 10.0 Å². The van der Waals surface area contributed by atoms with E-state index in [2.05, 4.69) is 14.7 Å². The molecule has 130 valence electrons. The molecule has 0 fully saturated rings. The monoisotopic (exact) mass is 356 g/mol. The lowest BCUT2D eigenvalue weighted by Gasteiger charge is -2.17. The van der Waals surface area contributed by atoms with Crippen molar-refractivity contribution in [2.24, 2.45) is 0 Å². The Labute approximate surface area is 139 Å². The number of rotatable bonds is 6. The van der Waals surface area contributed by atoms with Crippen LogP contribution in [0.5, 0.6) is 11.8 Å². The zero-order valence-electron chi connectivity index (χ0n) is 13.6. The van der Waals surface area contributed by atoms with Crippen LogP contribution < -0.4 is 19.1 Å². The number of nitrogens with zero attached hydrogens (tertiary/aromatic N) is 3. The van der Waals surface area contributed by atoms with E-state index in [1.807, 2.05) is 0 Å². The van der Waals surface area contributed by atoms with Crippen molar-refractivity contribution >= 4 is 21.5 Å². The van der Waals surface area contributed by atoms with Crippen LogP contribution in [0.1, 0.15) is 0 Å². The van der Waals surface area contributed by atoms with Crippen molar-refractivity contribution < 1.29 is 22.3 Å². The van der Waals surface area contributed by atoms with E-state index < -0.39 is 15.8 Å². The second kappa shape index (κ2) is 6.87. The van der Waals surface area contributed by atoms with E-state index in [1.165, 1.54) is 32.5 Å². The summed E-state index contributed by atoms with van der Waals surface area (Å²) in [5.41, 5.74) is 0.136. The minimum absolute atomic E-state index is 0.0456. The summed E-state index contributed by atoms with van der Waals surface area (Å²) in [5, 5.41) is 0. The van der Waals surface area contributed by atoms with Crippen molar-refractivity contribution in [1.29, 1.82) is 0 Å². The highest BCUT2D eigenvalue weighted by atomic mass is 32.2. The largest absolute Gasteiger partial charge is 0.494 e. The molecule has 0 unspecified atom stereocenters. The lowest BCUT2D eigenvalue weighted by Crippen LogP contribution is -2.19. The molecule has 2 aromatic rings. The van der Waals surface area contributed by atoms with Crippen LogP contribution in [-0.2, 0) is 10.0 Å². The second-order valence-corrected chi connectivity index (χ2v) is 6.57. The maximum Gasteiger partial charge on any atom is 0.318 e. The second-order valence-electron chi connectivity index (χ2n) is 4.89. The Bertz CT molecular complexity index is 843. The van der Waals surface area contributed by atoms with Crippen LogP contribution in [0.4, 0.5) is 15.9 Å². The molecular formula is C14H17FN4O4S. The summed E-state index contributed by atoms with van der Waals surface area (Å²) in [6, 6.07) is 3.45. The summed E-state index contributed by atoms with van der Waals surface area (Å²) in [7, 11) is 2.04. The lowest BCUT2D eigenvalue weighted by molar-refractivity contribution is 0.380. The predicted molar refractivity (Wildman–Crippen MR) is 86.7 cm³/mol. The van der Waals surface area contributed by atoms with E-state index in [0.29, 0.717) is 5.82 Å². The summed E-state index contributed by atoms with van der Waals surface area (Å²) in [6.07, 6.45) is 1.28. The number of sulfonamides is 1. The number of halogens is 1. The quantitative estimate of drug-likeness (QED) is 0.838. The van der Waals surface area contributed by atoms with Crippen molar-refractivity contribution in [3.05, 3.63) is 30.2 Å². The molecule has 0 atom stereocenters. The molecule has 0 amide bonds. The maximum atomic E-state index is 13.8. The van der Waals surface area contributed by atoms with Gasteiger partial charge >= 0.3 is 6.01 Å². The van der Waals surface area contributed by atoms with Gasteiger partial charge in [0.2, 0.25) is 0 Å². The maximum absolute atomic E-state index is 13.8. The fourth-order valence-electron chi connectivity index (χ4n) is 1.89. The Morgan fingerprint density at radius 2 is 1.92 bits per heavy atom. The number of ether oxygens (including phenoxy) is 2. The van der Waals surface area contributed by atoms with Gasteiger partial charge in [0, 0.05) is 14.1 Å². The van der Waals surface area contributed by atoms with Gasteiger partial charge in [-0.05, 0) is 18.2 Å². The number of hydrogen-bond acceptors (Lipinski definition) is 7. The van der Waals surface area contributed by atoms with E-state index in [4.69, 9.17) is 9.47 Å². The first-order valence-corrected chi connectivity index (χ1v) is 8.21. The first-order valence-electron chi connectivity index (χ1n) is 6.73. The molecule has 0 saturated carbocycles. The Morgan fingerprint density at radius 1 is 1.21 bits per heavy atom. The first-order chi connectivity index (χ1) is 11.3. The molecule has 0 bridgehead atoms. The molecule has 8 nitrogen and oxygen atoms in total. The van der Waals surface area contributed by atoms with Gasteiger partial charge in [0.1, 0.15) is 5.69 Å². The molecule has 2 rings (SSSR count). The summed E-state index contributed by atoms with van der Waals surface area (Å²) in [5.74, 6) is -0.519. The van der Waals surface area contributed by atoms with Crippen molar-refractivity contribution in [2.75, 3.05) is 37.9 Å². The molecule has 1 aromatic heterocycles. The predicted octanol–water partition coefficient (Wildman–Crippen LogP) is 1.50. The zero-order valence-corrected chi connectivity index (χ0v) is 14.4. The molecule has 0 radical (unpaired) electrons. The van der Waals surface area contributed by atoms with E-state index in [0.717, 1.165) is 6.07 Å². The SMILES string of the molecule is COc1ncc(NS(=O)(=O)c2ccc(OC)c(F)c2)c(N(C)C)n1. The average molecular weight is 356 g/mol. The Kier molecular flexibility index (Phi) is 5.07. The van der Waals surface area contributed by atoms with Gasteiger partial charge in [-0.25, -0.2) is 17.8 Å². The highest BCUT2D eigenvalue weighted by Crippen LogP contribution is 2.27. The van der Waals surface area contributed by atoms with E-state index in [-0.39, 0.29) is 22.3 Å². The third-order valence-corrected chi connectivity index (χ3v) is 4.39. The number of methoxy groups -OCH3 is 2. The van der Waals surface area contributed by atoms with Crippen molar-refractivity contribution in [3.63, 3.8) is 0 Å². The number of anilines is 2. The van der Waals surface area contributed by atoms with Gasteiger partial charge < -0.3 is 14.4 Å². The van der Waals surface area contributed by atoms with Gasteiger partial charge in [-0.2, -0.15) is 4.98 Å². The average Bonchev–Trinajstić information content (AvgIpc) is 2.54. The highest BCUT2D eigenvalue weighted by molar-refractivity contribution is 7.92. The van der Waals surface area contributed by atoms with Crippen molar-refractivity contribution in [3.8, 4) is 11.8 Å². The minimum atomic E-state index is -4.03. The number of hydrogen-bond donors (Lipinski definition) is 1. The fourth-order valence-corrected chi connectivity index (χ4v) is 2.94. The van der Waals surface area contributed by atoms with E-state index >= 15 is 0 Å². The van der Waals surface area contributed by atoms with Gasteiger partial charge in [-0.3, -0.25) is 4.72 Å². The number of aromatic nitrogens is 2. The van der Waals surface area contributed by atoms with E-state index in [9.17, 15) is 12.8 Å². The first kappa shape index (κ1) is 17.7. The Balaban J connectivity index is 2.41. The summed E-state index contributed by atoms with van der Waals surface area (Å²) < 4.78 is 50.7. The summed E-state index contributed by atoms with van der Waals surface area (Å²) >= 11 is 0. The molecule has 24 heavy (non-hydrogen) atoms. The van der Waals surface area contributed by atoms with Crippen molar-refractivity contribution in [1.82, 2.24) is 9.97 Å². The van der Waals surface area contributed by atoms with Crippen LogP contribution in [-0.4, -0.2) is 46.7 Å². The fraction of sp³-hybridized carbons (Fsp3) is 0.286. The molecule has 1 N–H and O–H groups in total. The molecule has 10 heteroatoms. The van der Waals surface area contributed by atoms with Gasteiger partial charge in [-0.15, -0.1) is 0 Å². The number of benzene rings is 1. The van der Waals surface area contributed by atoms with E-state index in [1.54, 1.807) is 19.0 Å². The summed E-state index contributed by atoms with van der Waals surface area (Å²) in [4.78, 5) is 9.31. The normalized spacial score (nSPS) is 11.0. The van der Waals surface area contributed by atoms with Crippen LogP contribution in [0.15, 0.2) is 29.3 Å². The van der Waals surface area contributed by atoms with Gasteiger partial charge in [0.05, 0.1) is 25.3 Å². The topological polar surface area (TPSA) is 93.6 Å².